The van der Waals surface area contributed by atoms with Gasteiger partial charge < -0.3 is 0 Å². The Morgan fingerprint density at radius 3 is 1.68 bits per heavy atom. The Labute approximate surface area is 151 Å². The summed E-state index contributed by atoms with van der Waals surface area (Å²) < 4.78 is 0. The van der Waals surface area contributed by atoms with Crippen LogP contribution in [0.3, 0.4) is 0 Å². The minimum absolute atomic E-state index is 0.114. The highest BCUT2D eigenvalue weighted by Crippen LogP contribution is 2.39. The van der Waals surface area contributed by atoms with Gasteiger partial charge in [-0.15, -0.1) is 0 Å². The number of rotatable bonds is 3. The van der Waals surface area contributed by atoms with Crippen LogP contribution in [-0.2, 0) is 0 Å². The molecular weight excluding hydrogens is 308 g/mol. The molecule has 0 N–H and O–H groups in total. The standard InChI is InChI=1S/C21H30N4/c1-16(2)25-19(17-10-6-8-12-22-17)14-24(21(3,4)5)15-20(25)18-11-7-9-13-23-18/h6-13,16,19-20H,14-15H2,1-5H3. The molecule has 0 amide bonds. The van der Waals surface area contributed by atoms with E-state index in [4.69, 9.17) is 9.97 Å². The van der Waals surface area contributed by atoms with Gasteiger partial charge >= 0.3 is 0 Å². The van der Waals surface area contributed by atoms with E-state index in [0.717, 1.165) is 24.5 Å². The van der Waals surface area contributed by atoms with Gasteiger partial charge in [0.05, 0.1) is 23.5 Å². The lowest BCUT2D eigenvalue weighted by Gasteiger charge is -2.52. The second kappa shape index (κ2) is 7.22. The third-order valence-corrected chi connectivity index (χ3v) is 5.11. The Hall–Kier alpha value is -1.78. The van der Waals surface area contributed by atoms with E-state index in [-0.39, 0.29) is 17.6 Å². The molecule has 1 aliphatic rings. The summed E-state index contributed by atoms with van der Waals surface area (Å²) >= 11 is 0. The van der Waals surface area contributed by atoms with Crippen LogP contribution in [0, 0.1) is 0 Å². The molecule has 25 heavy (non-hydrogen) atoms. The smallest absolute Gasteiger partial charge is 0.0657 e. The molecule has 0 bridgehead atoms. The first-order valence-electron chi connectivity index (χ1n) is 9.22. The van der Waals surface area contributed by atoms with Crippen molar-refractivity contribution >= 4 is 0 Å². The van der Waals surface area contributed by atoms with E-state index in [9.17, 15) is 0 Å². The molecule has 0 spiro atoms. The number of nitrogens with zero attached hydrogens (tertiary/aromatic N) is 4. The molecule has 2 aromatic heterocycles. The van der Waals surface area contributed by atoms with Crippen LogP contribution < -0.4 is 0 Å². The van der Waals surface area contributed by atoms with Gasteiger partial charge in [0, 0.05) is 37.1 Å². The fourth-order valence-corrected chi connectivity index (χ4v) is 3.80. The average molecular weight is 338 g/mol. The molecule has 3 heterocycles. The van der Waals surface area contributed by atoms with Gasteiger partial charge in [-0.05, 0) is 58.9 Å². The summed E-state index contributed by atoms with van der Waals surface area (Å²) in [4.78, 5) is 14.5. The van der Waals surface area contributed by atoms with Gasteiger partial charge in [-0.1, -0.05) is 12.1 Å². The lowest BCUT2D eigenvalue weighted by Crippen LogP contribution is -2.57. The summed E-state index contributed by atoms with van der Waals surface area (Å²) in [6, 6.07) is 13.4. The fourth-order valence-electron chi connectivity index (χ4n) is 3.80. The van der Waals surface area contributed by atoms with Crippen molar-refractivity contribution in [2.45, 2.75) is 58.3 Å². The van der Waals surface area contributed by atoms with E-state index in [2.05, 4.69) is 68.7 Å². The Morgan fingerprint density at radius 1 is 0.880 bits per heavy atom. The Balaban J connectivity index is 2.05. The third-order valence-electron chi connectivity index (χ3n) is 5.11. The molecule has 134 valence electrons. The maximum atomic E-state index is 4.69. The average Bonchev–Trinajstić information content (AvgIpc) is 2.61. The normalized spacial score (nSPS) is 23.1. The van der Waals surface area contributed by atoms with E-state index < -0.39 is 0 Å². The highest BCUT2D eigenvalue weighted by atomic mass is 15.3. The molecule has 1 aliphatic heterocycles. The molecule has 4 nitrogen and oxygen atoms in total. The SMILES string of the molecule is CC(C)N1C(c2ccccn2)CN(C(C)(C)C)CC1c1ccccn1. The molecule has 4 heteroatoms. The number of hydrogen-bond acceptors (Lipinski definition) is 4. The van der Waals surface area contributed by atoms with Crippen molar-refractivity contribution in [2.24, 2.45) is 0 Å². The van der Waals surface area contributed by atoms with Gasteiger partial charge in [0.2, 0.25) is 0 Å². The molecular formula is C21H30N4. The summed E-state index contributed by atoms with van der Waals surface area (Å²) in [5.74, 6) is 0. The van der Waals surface area contributed by atoms with Crippen LogP contribution in [0.25, 0.3) is 0 Å². The topological polar surface area (TPSA) is 32.3 Å². The monoisotopic (exact) mass is 338 g/mol. The molecule has 2 aromatic rings. The van der Waals surface area contributed by atoms with E-state index in [1.165, 1.54) is 0 Å². The molecule has 1 fully saturated rings. The van der Waals surface area contributed by atoms with Crippen LogP contribution in [0.15, 0.2) is 48.8 Å². The molecule has 0 saturated carbocycles. The molecule has 0 aliphatic carbocycles. The van der Waals surface area contributed by atoms with Crippen molar-refractivity contribution < 1.29 is 0 Å². The van der Waals surface area contributed by atoms with Gasteiger partial charge in [0.25, 0.3) is 0 Å². The van der Waals surface area contributed by atoms with Gasteiger partial charge in [-0.25, -0.2) is 0 Å². The second-order valence-electron chi connectivity index (χ2n) is 8.16. The van der Waals surface area contributed by atoms with Gasteiger partial charge in [-0.3, -0.25) is 19.8 Å². The molecule has 1 saturated heterocycles. The zero-order valence-corrected chi connectivity index (χ0v) is 16.1. The summed E-state index contributed by atoms with van der Waals surface area (Å²) in [6.07, 6.45) is 3.80. The molecule has 2 unspecified atom stereocenters. The van der Waals surface area contributed by atoms with Crippen LogP contribution in [0.4, 0.5) is 0 Å². The number of piperazine rings is 1. The first-order chi connectivity index (χ1) is 11.9. The van der Waals surface area contributed by atoms with Crippen molar-refractivity contribution in [3.63, 3.8) is 0 Å². The van der Waals surface area contributed by atoms with Gasteiger partial charge in [0.15, 0.2) is 0 Å². The van der Waals surface area contributed by atoms with E-state index in [1.54, 1.807) is 0 Å². The summed E-state index contributed by atoms with van der Waals surface area (Å²) in [5.41, 5.74) is 2.40. The highest BCUT2D eigenvalue weighted by molar-refractivity contribution is 5.17. The van der Waals surface area contributed by atoms with E-state index >= 15 is 0 Å². The van der Waals surface area contributed by atoms with Crippen molar-refractivity contribution in [1.29, 1.82) is 0 Å². The maximum Gasteiger partial charge on any atom is 0.0657 e. The number of hydrogen-bond donors (Lipinski definition) is 0. The summed E-state index contributed by atoms with van der Waals surface area (Å²) in [7, 11) is 0. The van der Waals surface area contributed by atoms with Crippen molar-refractivity contribution in [2.75, 3.05) is 13.1 Å². The predicted molar refractivity (Wildman–Crippen MR) is 102 cm³/mol. The largest absolute Gasteiger partial charge is 0.295 e. The van der Waals surface area contributed by atoms with Gasteiger partial charge in [-0.2, -0.15) is 0 Å². The quantitative estimate of drug-likeness (QED) is 0.844. The van der Waals surface area contributed by atoms with Crippen molar-refractivity contribution in [3.05, 3.63) is 60.2 Å². The first kappa shape index (κ1) is 18.0. The highest BCUT2D eigenvalue weighted by Gasteiger charge is 2.41. The van der Waals surface area contributed by atoms with E-state index in [0.29, 0.717) is 6.04 Å². The zero-order valence-electron chi connectivity index (χ0n) is 16.1. The minimum atomic E-state index is 0.114. The minimum Gasteiger partial charge on any atom is -0.295 e. The maximum absolute atomic E-state index is 4.69. The Bertz CT molecular complexity index is 614. The first-order valence-corrected chi connectivity index (χ1v) is 9.22. The van der Waals surface area contributed by atoms with E-state index in [1.807, 2.05) is 24.5 Å². The lowest BCUT2D eigenvalue weighted by atomic mass is 9.93. The summed E-state index contributed by atoms with van der Waals surface area (Å²) in [6.45, 7) is 13.4. The van der Waals surface area contributed by atoms with Crippen LogP contribution in [0.1, 0.15) is 58.1 Å². The van der Waals surface area contributed by atoms with Crippen molar-refractivity contribution in [1.82, 2.24) is 19.8 Å². The Morgan fingerprint density at radius 2 is 1.36 bits per heavy atom. The Kier molecular flexibility index (Phi) is 5.21. The number of pyridine rings is 2. The van der Waals surface area contributed by atoms with Crippen molar-refractivity contribution in [3.8, 4) is 0 Å². The van der Waals surface area contributed by atoms with Crippen LogP contribution >= 0.6 is 0 Å². The predicted octanol–water partition coefficient (Wildman–Crippen LogP) is 4.08. The second-order valence-corrected chi connectivity index (χ2v) is 8.16. The molecule has 3 rings (SSSR count). The zero-order chi connectivity index (χ0) is 18.0. The van der Waals surface area contributed by atoms with Crippen LogP contribution in [0.2, 0.25) is 0 Å². The third kappa shape index (κ3) is 3.91. The molecule has 2 atom stereocenters. The van der Waals surface area contributed by atoms with Crippen LogP contribution in [0.5, 0.6) is 0 Å². The van der Waals surface area contributed by atoms with Gasteiger partial charge in [0.1, 0.15) is 0 Å². The van der Waals surface area contributed by atoms with Crippen LogP contribution in [-0.4, -0.2) is 44.4 Å². The summed E-state index contributed by atoms with van der Waals surface area (Å²) in [5, 5.41) is 0. The number of aromatic nitrogens is 2. The molecule has 0 aromatic carbocycles. The molecule has 0 radical (unpaired) electrons. The lowest BCUT2D eigenvalue weighted by molar-refractivity contribution is -0.0392. The fraction of sp³-hybridized carbons (Fsp3) is 0.524.